The smallest absolute Gasteiger partial charge is 0.337 e. The number of esters is 1. The molecule has 0 aliphatic carbocycles. The molecule has 3 rings (SSSR count). The number of rotatable bonds is 4. The molecular weight excluding hydrogens is 266 g/mol. The first-order valence-electron chi connectivity index (χ1n) is 6.65. The Morgan fingerprint density at radius 1 is 1.14 bits per heavy atom. The molecule has 0 amide bonds. The van der Waals surface area contributed by atoms with Gasteiger partial charge in [-0.3, -0.25) is 0 Å². The van der Waals surface area contributed by atoms with E-state index in [9.17, 15) is 4.79 Å². The van der Waals surface area contributed by atoms with Crippen LogP contribution in [0.25, 0.3) is 11.0 Å². The molecule has 0 saturated carbocycles. The van der Waals surface area contributed by atoms with E-state index < -0.39 is 0 Å². The maximum absolute atomic E-state index is 11.4. The van der Waals surface area contributed by atoms with Gasteiger partial charge in [-0.05, 0) is 30.3 Å². The summed E-state index contributed by atoms with van der Waals surface area (Å²) in [4.78, 5) is 11.4. The Balaban J connectivity index is 1.71. The fourth-order valence-corrected chi connectivity index (χ4v) is 2.21. The number of ether oxygens (including phenoxy) is 1. The number of benzene rings is 2. The van der Waals surface area contributed by atoms with Crippen molar-refractivity contribution in [1.29, 1.82) is 0 Å². The maximum Gasteiger partial charge on any atom is 0.337 e. The third-order valence-electron chi connectivity index (χ3n) is 3.35. The molecule has 0 unspecified atom stereocenters. The Morgan fingerprint density at radius 3 is 2.67 bits per heavy atom. The number of fused-ring (bicyclic) bond motifs is 1. The molecule has 0 radical (unpaired) electrons. The summed E-state index contributed by atoms with van der Waals surface area (Å²) >= 11 is 0. The van der Waals surface area contributed by atoms with Crippen molar-refractivity contribution in [3.05, 3.63) is 65.9 Å². The van der Waals surface area contributed by atoms with E-state index in [-0.39, 0.29) is 5.97 Å². The number of hydrogen-bond donors (Lipinski definition) is 1. The minimum atomic E-state index is -0.331. The van der Waals surface area contributed by atoms with E-state index in [1.165, 1.54) is 7.11 Å². The molecule has 1 N–H and O–H groups in total. The van der Waals surface area contributed by atoms with Gasteiger partial charge in [0.15, 0.2) is 0 Å². The molecule has 4 nitrogen and oxygen atoms in total. The number of para-hydroxylation sites is 1. The van der Waals surface area contributed by atoms with Crippen molar-refractivity contribution in [2.45, 2.75) is 6.54 Å². The van der Waals surface area contributed by atoms with Gasteiger partial charge in [-0.15, -0.1) is 0 Å². The fraction of sp³-hybridized carbons (Fsp3) is 0.118. The van der Waals surface area contributed by atoms with Crippen LogP contribution in [0.5, 0.6) is 0 Å². The summed E-state index contributed by atoms with van der Waals surface area (Å²) in [5.74, 6) is -0.331. The quantitative estimate of drug-likeness (QED) is 0.738. The van der Waals surface area contributed by atoms with Crippen LogP contribution in [0.2, 0.25) is 0 Å². The SMILES string of the molecule is COC(=O)c1ccc(NCc2coc3ccccc23)cc1. The van der Waals surface area contributed by atoms with Gasteiger partial charge >= 0.3 is 5.97 Å². The second-order valence-corrected chi connectivity index (χ2v) is 4.68. The minimum absolute atomic E-state index is 0.331. The van der Waals surface area contributed by atoms with Crippen molar-refractivity contribution < 1.29 is 13.9 Å². The lowest BCUT2D eigenvalue weighted by Crippen LogP contribution is -2.02. The van der Waals surface area contributed by atoms with Crippen LogP contribution in [-0.4, -0.2) is 13.1 Å². The first-order valence-corrected chi connectivity index (χ1v) is 6.65. The van der Waals surface area contributed by atoms with Crippen molar-refractivity contribution >= 4 is 22.6 Å². The molecule has 106 valence electrons. The van der Waals surface area contributed by atoms with Gasteiger partial charge in [0.25, 0.3) is 0 Å². The fourth-order valence-electron chi connectivity index (χ4n) is 2.21. The zero-order chi connectivity index (χ0) is 14.7. The molecule has 0 atom stereocenters. The van der Waals surface area contributed by atoms with Crippen molar-refractivity contribution in [1.82, 2.24) is 0 Å². The maximum atomic E-state index is 11.4. The number of furan rings is 1. The lowest BCUT2D eigenvalue weighted by Gasteiger charge is -2.06. The molecule has 21 heavy (non-hydrogen) atoms. The molecule has 0 aliphatic heterocycles. The highest BCUT2D eigenvalue weighted by atomic mass is 16.5. The van der Waals surface area contributed by atoms with Crippen LogP contribution in [-0.2, 0) is 11.3 Å². The number of anilines is 1. The van der Waals surface area contributed by atoms with Gasteiger partial charge in [-0.25, -0.2) is 4.79 Å². The van der Waals surface area contributed by atoms with Crippen LogP contribution >= 0.6 is 0 Å². The summed E-state index contributed by atoms with van der Waals surface area (Å²) < 4.78 is 10.2. The van der Waals surface area contributed by atoms with Crippen molar-refractivity contribution in [3.8, 4) is 0 Å². The van der Waals surface area contributed by atoms with Gasteiger partial charge in [0, 0.05) is 23.2 Å². The standard InChI is InChI=1S/C17H15NO3/c1-20-17(19)12-6-8-14(9-7-12)18-10-13-11-21-16-5-3-2-4-15(13)16/h2-9,11,18H,10H2,1H3. The molecule has 1 heterocycles. The van der Waals surface area contributed by atoms with Gasteiger partial charge in [0.2, 0.25) is 0 Å². The Hall–Kier alpha value is -2.75. The molecule has 0 spiro atoms. The molecular formula is C17H15NO3. The second kappa shape index (κ2) is 5.71. The molecule has 0 saturated heterocycles. The van der Waals surface area contributed by atoms with Gasteiger partial charge in [0.05, 0.1) is 18.9 Å². The number of carbonyl (C=O) groups is 1. The van der Waals surface area contributed by atoms with E-state index >= 15 is 0 Å². The van der Waals surface area contributed by atoms with Crippen LogP contribution in [0.1, 0.15) is 15.9 Å². The first kappa shape index (κ1) is 13.2. The zero-order valence-electron chi connectivity index (χ0n) is 11.6. The highest BCUT2D eigenvalue weighted by Crippen LogP contribution is 2.21. The largest absolute Gasteiger partial charge is 0.465 e. The van der Waals surface area contributed by atoms with Crippen LogP contribution in [0.4, 0.5) is 5.69 Å². The van der Waals surface area contributed by atoms with Crippen molar-refractivity contribution in [2.24, 2.45) is 0 Å². The third-order valence-corrected chi connectivity index (χ3v) is 3.35. The van der Waals surface area contributed by atoms with Crippen LogP contribution in [0, 0.1) is 0 Å². The van der Waals surface area contributed by atoms with Gasteiger partial charge in [-0.2, -0.15) is 0 Å². The van der Waals surface area contributed by atoms with Crippen LogP contribution < -0.4 is 5.32 Å². The molecule has 2 aromatic carbocycles. The van der Waals surface area contributed by atoms with E-state index in [4.69, 9.17) is 4.42 Å². The lowest BCUT2D eigenvalue weighted by molar-refractivity contribution is 0.0601. The Labute approximate surface area is 122 Å². The van der Waals surface area contributed by atoms with Gasteiger partial charge in [-0.1, -0.05) is 18.2 Å². The lowest BCUT2D eigenvalue weighted by atomic mass is 10.1. The predicted molar refractivity (Wildman–Crippen MR) is 81.3 cm³/mol. The molecule has 0 fully saturated rings. The third kappa shape index (κ3) is 2.74. The summed E-state index contributed by atoms with van der Waals surface area (Å²) in [5, 5.41) is 4.42. The summed E-state index contributed by atoms with van der Waals surface area (Å²) in [6, 6.07) is 15.1. The normalized spacial score (nSPS) is 10.5. The zero-order valence-corrected chi connectivity index (χ0v) is 11.6. The first-order chi connectivity index (χ1) is 10.3. The highest BCUT2D eigenvalue weighted by molar-refractivity contribution is 5.89. The number of hydrogen-bond acceptors (Lipinski definition) is 4. The second-order valence-electron chi connectivity index (χ2n) is 4.68. The van der Waals surface area contributed by atoms with E-state index in [0.29, 0.717) is 12.1 Å². The minimum Gasteiger partial charge on any atom is -0.465 e. The molecule has 3 aromatic rings. The summed E-state index contributed by atoms with van der Waals surface area (Å²) in [5.41, 5.74) is 3.46. The van der Waals surface area contributed by atoms with Gasteiger partial charge < -0.3 is 14.5 Å². The van der Waals surface area contributed by atoms with E-state index in [1.54, 1.807) is 18.4 Å². The Bertz CT molecular complexity index is 759. The van der Waals surface area contributed by atoms with Crippen LogP contribution in [0.15, 0.2) is 59.2 Å². The highest BCUT2D eigenvalue weighted by Gasteiger charge is 2.06. The molecule has 0 bridgehead atoms. The monoisotopic (exact) mass is 281 g/mol. The number of nitrogens with one attached hydrogen (secondary N) is 1. The molecule has 0 aliphatic rings. The van der Waals surface area contributed by atoms with Crippen LogP contribution in [0.3, 0.4) is 0 Å². The molecule has 4 heteroatoms. The number of methoxy groups -OCH3 is 1. The predicted octanol–water partition coefficient (Wildman–Crippen LogP) is 3.83. The summed E-state index contributed by atoms with van der Waals surface area (Å²) in [6.07, 6.45) is 1.76. The Morgan fingerprint density at radius 2 is 1.90 bits per heavy atom. The van der Waals surface area contributed by atoms with E-state index in [2.05, 4.69) is 10.1 Å². The van der Waals surface area contributed by atoms with E-state index in [0.717, 1.165) is 22.2 Å². The topological polar surface area (TPSA) is 51.5 Å². The van der Waals surface area contributed by atoms with Gasteiger partial charge in [0.1, 0.15) is 5.58 Å². The molecule has 1 aromatic heterocycles. The van der Waals surface area contributed by atoms with E-state index in [1.807, 2.05) is 36.4 Å². The summed E-state index contributed by atoms with van der Waals surface area (Å²) in [6.45, 7) is 0.661. The average molecular weight is 281 g/mol. The summed E-state index contributed by atoms with van der Waals surface area (Å²) in [7, 11) is 1.37. The van der Waals surface area contributed by atoms with Crippen molar-refractivity contribution in [2.75, 3.05) is 12.4 Å². The van der Waals surface area contributed by atoms with Crippen molar-refractivity contribution in [3.63, 3.8) is 0 Å². The average Bonchev–Trinajstić information content (AvgIpc) is 2.96. The Kier molecular flexibility index (Phi) is 3.60. The number of carbonyl (C=O) groups excluding carboxylic acids is 1.